The maximum Gasteiger partial charge on any atom is 0.231 e. The summed E-state index contributed by atoms with van der Waals surface area (Å²) in [4.78, 5) is 7.20. The summed E-state index contributed by atoms with van der Waals surface area (Å²) in [5, 5.41) is 0. The van der Waals surface area contributed by atoms with Crippen LogP contribution in [-0.4, -0.2) is 37.6 Å². The first kappa shape index (κ1) is 22.2. The molecule has 0 aliphatic carbocycles. The molecule has 0 amide bonds. The van der Waals surface area contributed by atoms with Gasteiger partial charge in [-0.05, 0) is 18.6 Å². The second-order valence-corrected chi connectivity index (χ2v) is 7.84. The molecule has 0 atom stereocenters. The number of imidazole rings is 1. The summed E-state index contributed by atoms with van der Waals surface area (Å²) in [6.45, 7) is 3.98. The lowest BCUT2D eigenvalue weighted by Crippen LogP contribution is -2.21. The molecule has 32 heavy (non-hydrogen) atoms. The lowest BCUT2D eigenvalue weighted by molar-refractivity contribution is -0.109. The van der Waals surface area contributed by atoms with E-state index in [4.69, 9.17) is 23.9 Å². The van der Waals surface area contributed by atoms with Crippen LogP contribution in [0, 0.1) is 0 Å². The number of hydrogen-bond donors (Lipinski definition) is 0. The van der Waals surface area contributed by atoms with Crippen molar-refractivity contribution in [2.75, 3.05) is 33.0 Å². The molecule has 0 saturated heterocycles. The molecule has 1 aliphatic rings. The summed E-state index contributed by atoms with van der Waals surface area (Å²) in [6, 6.07) is 16.3. The monoisotopic (exact) mass is 437 g/mol. The molecule has 7 heteroatoms. The number of anilines is 1. The van der Waals surface area contributed by atoms with E-state index in [-0.39, 0.29) is 6.79 Å². The zero-order chi connectivity index (χ0) is 22.5. The number of benzene rings is 2. The van der Waals surface area contributed by atoms with Gasteiger partial charge in [0.1, 0.15) is 11.5 Å². The van der Waals surface area contributed by atoms with Crippen LogP contribution >= 0.6 is 0 Å². The zero-order valence-corrected chi connectivity index (χ0v) is 19.2. The summed E-state index contributed by atoms with van der Waals surface area (Å²) in [7, 11) is 5.36. The Hall–Kier alpha value is -3.03. The van der Waals surface area contributed by atoms with E-state index < -0.39 is 6.29 Å². The first-order valence-corrected chi connectivity index (χ1v) is 11.0. The topological polar surface area (TPSA) is 58.0 Å². The summed E-state index contributed by atoms with van der Waals surface area (Å²) >= 11 is 0. The number of unbranched alkanes of at least 4 members (excludes halogenated alkanes) is 1. The maximum absolute atomic E-state index is 5.63. The van der Waals surface area contributed by atoms with Gasteiger partial charge in [-0.1, -0.05) is 43.7 Å². The van der Waals surface area contributed by atoms with E-state index in [9.17, 15) is 0 Å². The summed E-state index contributed by atoms with van der Waals surface area (Å²) in [5.74, 6) is 2.48. The number of methoxy groups -OCH3 is 2. The second kappa shape index (κ2) is 10.1. The quantitative estimate of drug-likeness (QED) is 0.416. The second-order valence-electron chi connectivity index (χ2n) is 7.84. The van der Waals surface area contributed by atoms with E-state index in [2.05, 4.69) is 35.6 Å². The van der Waals surface area contributed by atoms with Gasteiger partial charge in [0.05, 0.1) is 12.2 Å². The third-order valence-electron chi connectivity index (χ3n) is 5.71. The molecule has 2 aromatic carbocycles. The van der Waals surface area contributed by atoms with Crippen LogP contribution in [0.25, 0.3) is 11.4 Å². The number of hydrogen-bond acceptors (Lipinski definition) is 6. The third-order valence-corrected chi connectivity index (χ3v) is 5.71. The maximum atomic E-state index is 5.63. The molecule has 0 N–H and O–H groups in total. The van der Waals surface area contributed by atoms with E-state index in [1.54, 1.807) is 14.2 Å². The van der Waals surface area contributed by atoms with Crippen molar-refractivity contribution in [3.8, 4) is 22.9 Å². The largest absolute Gasteiger partial charge is 0.454 e. The van der Waals surface area contributed by atoms with Crippen LogP contribution in [-0.2, 0) is 22.6 Å². The van der Waals surface area contributed by atoms with Crippen molar-refractivity contribution in [2.24, 2.45) is 0 Å². The van der Waals surface area contributed by atoms with Crippen LogP contribution in [0.5, 0.6) is 11.5 Å². The number of rotatable bonds is 10. The van der Waals surface area contributed by atoms with Gasteiger partial charge in [-0.2, -0.15) is 0 Å². The molecule has 3 aromatic rings. The van der Waals surface area contributed by atoms with Gasteiger partial charge in [0.2, 0.25) is 13.1 Å². The minimum absolute atomic E-state index is 0.264. The average Bonchev–Trinajstić information content (AvgIpc) is 3.43. The third kappa shape index (κ3) is 4.45. The van der Waals surface area contributed by atoms with Crippen molar-refractivity contribution < 1.29 is 18.9 Å². The van der Waals surface area contributed by atoms with Gasteiger partial charge in [0.15, 0.2) is 11.5 Å². The number of fused-ring (bicyclic) bond motifs is 1. The first-order valence-electron chi connectivity index (χ1n) is 11.0. The molecule has 170 valence electrons. The molecule has 0 spiro atoms. The average molecular weight is 438 g/mol. The minimum Gasteiger partial charge on any atom is -0.454 e. The van der Waals surface area contributed by atoms with Crippen molar-refractivity contribution in [3.63, 3.8) is 0 Å². The first-order chi connectivity index (χ1) is 15.7. The molecular formula is C25H31N3O4. The van der Waals surface area contributed by atoms with Crippen LogP contribution < -0.4 is 14.4 Å². The van der Waals surface area contributed by atoms with Crippen molar-refractivity contribution in [1.82, 2.24) is 9.55 Å². The fraction of sp³-hybridized carbons (Fsp3) is 0.400. The Morgan fingerprint density at radius 2 is 1.81 bits per heavy atom. The van der Waals surface area contributed by atoms with Crippen molar-refractivity contribution in [2.45, 2.75) is 39.1 Å². The Bertz CT molecular complexity index is 1030. The van der Waals surface area contributed by atoms with Crippen LogP contribution in [0.2, 0.25) is 0 Å². The van der Waals surface area contributed by atoms with E-state index >= 15 is 0 Å². The van der Waals surface area contributed by atoms with Crippen molar-refractivity contribution in [3.05, 3.63) is 59.9 Å². The smallest absolute Gasteiger partial charge is 0.231 e. The molecule has 1 aliphatic heterocycles. The van der Waals surface area contributed by atoms with Crippen LogP contribution in [0.1, 0.15) is 37.4 Å². The van der Waals surface area contributed by atoms with Gasteiger partial charge in [-0.3, -0.25) is 0 Å². The van der Waals surface area contributed by atoms with E-state index in [1.807, 2.05) is 36.4 Å². The van der Waals surface area contributed by atoms with Gasteiger partial charge in [0, 0.05) is 45.1 Å². The molecule has 0 radical (unpaired) electrons. The highest BCUT2D eigenvalue weighted by atomic mass is 16.7. The highest BCUT2D eigenvalue weighted by molar-refractivity contribution is 5.59. The molecule has 0 bridgehead atoms. The van der Waals surface area contributed by atoms with E-state index in [0.29, 0.717) is 6.54 Å². The minimum atomic E-state index is -0.541. The molecule has 7 nitrogen and oxygen atoms in total. The predicted molar refractivity (Wildman–Crippen MR) is 124 cm³/mol. The zero-order valence-electron chi connectivity index (χ0n) is 19.2. The molecule has 0 saturated carbocycles. The van der Waals surface area contributed by atoms with Crippen LogP contribution in [0.15, 0.2) is 48.5 Å². The lowest BCUT2D eigenvalue weighted by Gasteiger charge is -2.23. The van der Waals surface area contributed by atoms with E-state index in [0.717, 1.165) is 59.3 Å². The Morgan fingerprint density at radius 3 is 2.53 bits per heavy atom. The lowest BCUT2D eigenvalue weighted by atomic mass is 10.2. The van der Waals surface area contributed by atoms with Crippen molar-refractivity contribution in [1.29, 1.82) is 0 Å². The highest BCUT2D eigenvalue weighted by Gasteiger charge is 2.26. The molecule has 2 heterocycles. The Labute approximate surface area is 189 Å². The Morgan fingerprint density at radius 1 is 1.06 bits per heavy atom. The Balaban J connectivity index is 1.76. The SMILES string of the molecule is CCCCn1c(-c2ccccc2)nc(C(OC)OC)c1CN(C)c1ccc2c(c1)OCO2. The van der Waals surface area contributed by atoms with Crippen LogP contribution in [0.4, 0.5) is 5.69 Å². The van der Waals surface area contributed by atoms with E-state index in [1.165, 1.54) is 0 Å². The number of ether oxygens (including phenoxy) is 4. The van der Waals surface area contributed by atoms with Gasteiger partial charge in [0.25, 0.3) is 0 Å². The normalized spacial score (nSPS) is 12.5. The number of nitrogens with zero attached hydrogens (tertiary/aromatic N) is 3. The predicted octanol–water partition coefficient (Wildman–Crippen LogP) is 5.01. The van der Waals surface area contributed by atoms with Gasteiger partial charge < -0.3 is 28.4 Å². The summed E-state index contributed by atoms with van der Waals surface area (Å²) < 4.78 is 24.6. The summed E-state index contributed by atoms with van der Waals surface area (Å²) in [6.07, 6.45) is 1.61. The molecule has 0 fully saturated rings. The Kier molecular flexibility index (Phi) is 6.97. The molecule has 4 rings (SSSR count). The fourth-order valence-electron chi connectivity index (χ4n) is 3.98. The van der Waals surface area contributed by atoms with Gasteiger partial charge in [-0.25, -0.2) is 4.98 Å². The van der Waals surface area contributed by atoms with Crippen LogP contribution in [0.3, 0.4) is 0 Å². The molecule has 1 aromatic heterocycles. The van der Waals surface area contributed by atoms with Crippen molar-refractivity contribution >= 4 is 5.69 Å². The number of aromatic nitrogens is 2. The standard InChI is InChI=1S/C25H31N3O4/c1-5-6-14-28-20(16-27(2)19-12-13-21-22(15-19)32-17-31-21)23(25(29-3)30-4)26-24(28)18-10-8-7-9-11-18/h7-13,15,25H,5-6,14,16-17H2,1-4H3. The van der Waals surface area contributed by atoms with Gasteiger partial charge >= 0.3 is 0 Å². The highest BCUT2D eigenvalue weighted by Crippen LogP contribution is 2.36. The molecule has 0 unspecified atom stereocenters. The van der Waals surface area contributed by atoms with Gasteiger partial charge in [-0.15, -0.1) is 0 Å². The molecular weight excluding hydrogens is 406 g/mol. The fourth-order valence-corrected chi connectivity index (χ4v) is 3.98. The summed E-state index contributed by atoms with van der Waals surface area (Å²) in [5.41, 5.74) is 3.99.